The molecule has 0 unspecified atom stereocenters. The quantitative estimate of drug-likeness (QED) is 0.499. The van der Waals surface area contributed by atoms with Crippen LogP contribution in [0.15, 0.2) is 82.2 Å². The molecule has 0 aliphatic rings. The summed E-state index contributed by atoms with van der Waals surface area (Å²) in [6.45, 7) is -0.0185. The van der Waals surface area contributed by atoms with Crippen molar-refractivity contribution in [3.8, 4) is 22.8 Å². The lowest BCUT2D eigenvalue weighted by Crippen LogP contribution is -2.23. The molecule has 0 bridgehead atoms. The van der Waals surface area contributed by atoms with Crippen molar-refractivity contribution in [1.29, 1.82) is 0 Å². The van der Waals surface area contributed by atoms with E-state index in [0.29, 0.717) is 11.1 Å². The molecule has 0 atom stereocenters. The van der Waals surface area contributed by atoms with Crippen molar-refractivity contribution < 1.29 is 21.7 Å². The Kier molecular flexibility index (Phi) is 5.39. The molecule has 0 saturated carbocycles. The molecule has 3 aromatic carbocycles. The molecule has 0 saturated heterocycles. The second-order valence-electron chi connectivity index (χ2n) is 6.38. The number of aromatic nitrogens is 2. The Morgan fingerprint density at radius 3 is 2.43 bits per heavy atom. The standard InChI is InChI=1S/C21H15F2N3O3S/c22-16-10-8-14(9-11-16)13-24-30(27,28)19-7-2-1-6-18(19)21-25-20(26-29-21)15-4-3-5-17(23)12-15/h1-12,24H,13H2. The largest absolute Gasteiger partial charge is 0.334 e. The van der Waals surface area contributed by atoms with Gasteiger partial charge in [0.2, 0.25) is 15.8 Å². The lowest BCUT2D eigenvalue weighted by atomic mass is 10.2. The van der Waals surface area contributed by atoms with E-state index >= 15 is 0 Å². The minimum atomic E-state index is -3.94. The highest BCUT2D eigenvalue weighted by Crippen LogP contribution is 2.28. The minimum absolute atomic E-state index is 0.0166. The summed E-state index contributed by atoms with van der Waals surface area (Å²) in [4.78, 5) is 4.16. The summed E-state index contributed by atoms with van der Waals surface area (Å²) in [6.07, 6.45) is 0. The number of nitrogens with zero attached hydrogens (tertiary/aromatic N) is 2. The highest BCUT2D eigenvalue weighted by molar-refractivity contribution is 7.89. The van der Waals surface area contributed by atoms with Crippen LogP contribution in [0.2, 0.25) is 0 Å². The van der Waals surface area contributed by atoms with Crippen LogP contribution in [0.3, 0.4) is 0 Å². The number of hydrogen-bond donors (Lipinski definition) is 1. The van der Waals surface area contributed by atoms with Crippen LogP contribution in [0.1, 0.15) is 5.56 Å². The zero-order chi connectivity index (χ0) is 21.1. The van der Waals surface area contributed by atoms with Crippen LogP contribution in [0.25, 0.3) is 22.8 Å². The number of benzene rings is 3. The first-order valence-corrected chi connectivity index (χ1v) is 10.3. The third-order valence-corrected chi connectivity index (χ3v) is 5.75. The maximum Gasteiger partial charge on any atom is 0.259 e. The fourth-order valence-electron chi connectivity index (χ4n) is 2.81. The average molecular weight is 427 g/mol. The van der Waals surface area contributed by atoms with Crippen LogP contribution in [-0.2, 0) is 16.6 Å². The highest BCUT2D eigenvalue weighted by Gasteiger charge is 2.22. The van der Waals surface area contributed by atoms with Gasteiger partial charge in [-0.1, -0.05) is 41.6 Å². The fraction of sp³-hybridized carbons (Fsp3) is 0.0476. The van der Waals surface area contributed by atoms with Gasteiger partial charge in [-0.05, 0) is 42.0 Å². The van der Waals surface area contributed by atoms with Crippen molar-refractivity contribution in [2.24, 2.45) is 0 Å². The third-order valence-electron chi connectivity index (χ3n) is 4.30. The molecular weight excluding hydrogens is 412 g/mol. The molecule has 0 fully saturated rings. The minimum Gasteiger partial charge on any atom is -0.334 e. The predicted molar refractivity (Wildman–Crippen MR) is 106 cm³/mol. The summed E-state index contributed by atoms with van der Waals surface area (Å²) in [5.41, 5.74) is 1.21. The predicted octanol–water partition coefficient (Wildman–Crippen LogP) is 4.16. The zero-order valence-electron chi connectivity index (χ0n) is 15.4. The van der Waals surface area contributed by atoms with Gasteiger partial charge in [0, 0.05) is 12.1 Å². The number of sulfonamides is 1. The first-order valence-electron chi connectivity index (χ1n) is 8.85. The Balaban J connectivity index is 1.63. The Hall–Kier alpha value is -3.43. The molecule has 6 nitrogen and oxygen atoms in total. The normalized spacial score (nSPS) is 11.5. The Labute approximate surface area is 171 Å². The first-order chi connectivity index (χ1) is 14.4. The molecule has 0 spiro atoms. The molecule has 0 aliphatic carbocycles. The molecule has 152 valence electrons. The van der Waals surface area contributed by atoms with Crippen molar-refractivity contribution in [1.82, 2.24) is 14.9 Å². The van der Waals surface area contributed by atoms with Gasteiger partial charge in [-0.2, -0.15) is 4.98 Å². The lowest BCUT2D eigenvalue weighted by molar-refractivity contribution is 0.431. The lowest BCUT2D eigenvalue weighted by Gasteiger charge is -2.09. The Bertz CT molecular complexity index is 1290. The van der Waals surface area contributed by atoms with Crippen LogP contribution in [-0.4, -0.2) is 18.6 Å². The van der Waals surface area contributed by atoms with E-state index < -0.39 is 21.7 Å². The van der Waals surface area contributed by atoms with E-state index in [1.165, 1.54) is 54.6 Å². The summed E-state index contributed by atoms with van der Waals surface area (Å²) in [5.74, 6) is -0.739. The van der Waals surface area contributed by atoms with Gasteiger partial charge in [0.1, 0.15) is 11.6 Å². The first kappa shape index (κ1) is 19.9. The molecule has 30 heavy (non-hydrogen) atoms. The number of rotatable bonds is 6. The summed E-state index contributed by atoms with van der Waals surface area (Å²) < 4.78 is 59.9. The van der Waals surface area contributed by atoms with Gasteiger partial charge in [0.25, 0.3) is 5.89 Å². The number of hydrogen-bond acceptors (Lipinski definition) is 5. The van der Waals surface area contributed by atoms with Gasteiger partial charge >= 0.3 is 0 Å². The smallest absolute Gasteiger partial charge is 0.259 e. The highest BCUT2D eigenvalue weighted by atomic mass is 32.2. The number of halogens is 2. The van der Waals surface area contributed by atoms with E-state index in [1.54, 1.807) is 18.2 Å². The van der Waals surface area contributed by atoms with Gasteiger partial charge in [-0.3, -0.25) is 0 Å². The molecule has 4 aromatic rings. The Morgan fingerprint density at radius 1 is 0.900 bits per heavy atom. The van der Waals surface area contributed by atoms with Crippen LogP contribution in [0.4, 0.5) is 8.78 Å². The van der Waals surface area contributed by atoms with Crippen molar-refractivity contribution in [2.45, 2.75) is 11.4 Å². The second-order valence-corrected chi connectivity index (χ2v) is 8.12. The van der Waals surface area contributed by atoms with Gasteiger partial charge in [0.05, 0.1) is 10.5 Å². The zero-order valence-corrected chi connectivity index (χ0v) is 16.2. The molecule has 1 heterocycles. The van der Waals surface area contributed by atoms with E-state index in [4.69, 9.17) is 4.52 Å². The molecule has 1 N–H and O–H groups in total. The van der Waals surface area contributed by atoms with Crippen molar-refractivity contribution in [2.75, 3.05) is 0 Å². The van der Waals surface area contributed by atoms with E-state index in [9.17, 15) is 17.2 Å². The van der Waals surface area contributed by atoms with Gasteiger partial charge in [0.15, 0.2) is 0 Å². The number of nitrogens with one attached hydrogen (secondary N) is 1. The Morgan fingerprint density at radius 2 is 1.67 bits per heavy atom. The molecule has 1 aromatic heterocycles. The average Bonchev–Trinajstić information content (AvgIpc) is 3.24. The molecular formula is C21H15F2N3O3S. The maximum absolute atomic E-state index is 13.5. The summed E-state index contributed by atoms with van der Waals surface area (Å²) in [6, 6.07) is 17.3. The van der Waals surface area contributed by atoms with E-state index in [0.717, 1.165) is 0 Å². The monoisotopic (exact) mass is 427 g/mol. The van der Waals surface area contributed by atoms with Crippen molar-refractivity contribution in [3.05, 3.63) is 90.0 Å². The maximum atomic E-state index is 13.5. The summed E-state index contributed by atoms with van der Waals surface area (Å²) >= 11 is 0. The topological polar surface area (TPSA) is 85.1 Å². The summed E-state index contributed by atoms with van der Waals surface area (Å²) in [5, 5.41) is 3.83. The van der Waals surface area contributed by atoms with Gasteiger partial charge in [-0.25, -0.2) is 21.9 Å². The van der Waals surface area contributed by atoms with Gasteiger partial charge in [-0.15, -0.1) is 0 Å². The van der Waals surface area contributed by atoms with Crippen LogP contribution < -0.4 is 4.72 Å². The fourth-order valence-corrected chi connectivity index (χ4v) is 4.03. The molecule has 9 heteroatoms. The van der Waals surface area contributed by atoms with Crippen LogP contribution in [0.5, 0.6) is 0 Å². The molecule has 0 aliphatic heterocycles. The molecule has 0 amide bonds. The second kappa shape index (κ2) is 8.13. The van der Waals surface area contributed by atoms with Crippen LogP contribution in [0, 0.1) is 11.6 Å². The third kappa shape index (κ3) is 4.27. The van der Waals surface area contributed by atoms with Gasteiger partial charge < -0.3 is 4.52 Å². The van der Waals surface area contributed by atoms with E-state index in [2.05, 4.69) is 14.9 Å². The van der Waals surface area contributed by atoms with E-state index in [-0.39, 0.29) is 28.7 Å². The van der Waals surface area contributed by atoms with E-state index in [1.807, 2.05) is 0 Å². The van der Waals surface area contributed by atoms with Crippen LogP contribution >= 0.6 is 0 Å². The van der Waals surface area contributed by atoms with Crippen molar-refractivity contribution in [3.63, 3.8) is 0 Å². The molecule has 4 rings (SSSR count). The summed E-state index contributed by atoms with van der Waals surface area (Å²) in [7, 11) is -3.94. The molecule has 0 radical (unpaired) electrons. The van der Waals surface area contributed by atoms with Crippen molar-refractivity contribution >= 4 is 10.0 Å². The SMILES string of the molecule is O=S(=O)(NCc1ccc(F)cc1)c1ccccc1-c1nc(-c2cccc(F)c2)no1.